The number of aromatic nitrogens is 4. The van der Waals surface area contributed by atoms with E-state index in [0.717, 1.165) is 24.7 Å². The maximum atomic E-state index is 5.11. The average Bonchev–Trinajstić information content (AvgIpc) is 2.96. The van der Waals surface area contributed by atoms with Crippen molar-refractivity contribution in [2.24, 2.45) is 7.05 Å². The zero-order chi connectivity index (χ0) is 13.7. The van der Waals surface area contributed by atoms with Gasteiger partial charge < -0.3 is 19.2 Å². The third-order valence-electron chi connectivity index (χ3n) is 3.00. The van der Waals surface area contributed by atoms with Gasteiger partial charge in [0.1, 0.15) is 5.82 Å². The molecule has 0 saturated heterocycles. The molecule has 2 heterocycles. The third kappa shape index (κ3) is 3.57. The van der Waals surface area contributed by atoms with Gasteiger partial charge in [-0.1, -0.05) is 0 Å². The Morgan fingerprint density at radius 1 is 1.32 bits per heavy atom. The Bertz CT molecular complexity index is 505. The highest BCUT2D eigenvalue weighted by Crippen LogP contribution is 2.08. The summed E-state index contributed by atoms with van der Waals surface area (Å²) in [7, 11) is 3.71. The quantitative estimate of drug-likeness (QED) is 0.818. The van der Waals surface area contributed by atoms with Crippen molar-refractivity contribution >= 4 is 5.95 Å². The second kappa shape index (κ2) is 6.38. The van der Waals surface area contributed by atoms with Crippen LogP contribution in [-0.2, 0) is 24.8 Å². The second-order valence-electron chi connectivity index (χ2n) is 4.65. The Kier molecular flexibility index (Phi) is 4.57. The molecule has 104 valence electrons. The van der Waals surface area contributed by atoms with Gasteiger partial charge in [0.25, 0.3) is 0 Å². The monoisotopic (exact) mass is 263 g/mol. The average molecular weight is 263 g/mol. The van der Waals surface area contributed by atoms with E-state index in [0.29, 0.717) is 6.61 Å². The molecule has 0 aliphatic heterocycles. The summed E-state index contributed by atoms with van der Waals surface area (Å²) < 4.78 is 9.25. The second-order valence-corrected chi connectivity index (χ2v) is 4.65. The predicted molar refractivity (Wildman–Crippen MR) is 74.1 cm³/mol. The van der Waals surface area contributed by atoms with Gasteiger partial charge in [-0.05, 0) is 6.92 Å². The van der Waals surface area contributed by atoms with Crippen molar-refractivity contribution in [3.8, 4) is 0 Å². The molecule has 2 aromatic rings. The van der Waals surface area contributed by atoms with Crippen LogP contribution in [0.3, 0.4) is 0 Å². The van der Waals surface area contributed by atoms with Crippen molar-refractivity contribution in [3.05, 3.63) is 30.6 Å². The van der Waals surface area contributed by atoms with Crippen LogP contribution in [0.1, 0.15) is 12.7 Å². The van der Waals surface area contributed by atoms with Crippen LogP contribution < -0.4 is 5.32 Å². The molecule has 0 bridgehead atoms. The summed E-state index contributed by atoms with van der Waals surface area (Å²) in [6.07, 6.45) is 8.45. The lowest BCUT2D eigenvalue weighted by Gasteiger charge is -2.15. The number of hydrogen-bond donors (Lipinski definition) is 1. The minimum Gasteiger partial charge on any atom is -0.383 e. The molecule has 0 spiro atoms. The summed E-state index contributed by atoms with van der Waals surface area (Å²) in [5.41, 5.74) is 0. The highest BCUT2D eigenvalue weighted by molar-refractivity contribution is 5.27. The number of imidazole rings is 2. The number of aryl methyl sites for hydroxylation is 3. The molecule has 1 N–H and O–H groups in total. The van der Waals surface area contributed by atoms with Gasteiger partial charge in [-0.15, -0.1) is 0 Å². The maximum absolute atomic E-state index is 5.11. The van der Waals surface area contributed by atoms with Crippen LogP contribution in [0.4, 0.5) is 5.95 Å². The molecule has 0 saturated carbocycles. The van der Waals surface area contributed by atoms with Gasteiger partial charge in [0, 0.05) is 58.0 Å². The van der Waals surface area contributed by atoms with Crippen LogP contribution in [0.25, 0.3) is 0 Å². The van der Waals surface area contributed by atoms with E-state index in [9.17, 15) is 0 Å². The van der Waals surface area contributed by atoms with E-state index in [1.54, 1.807) is 13.3 Å². The molecule has 2 rings (SSSR count). The lowest BCUT2D eigenvalue weighted by atomic mass is 10.3. The van der Waals surface area contributed by atoms with Crippen molar-refractivity contribution in [3.63, 3.8) is 0 Å². The van der Waals surface area contributed by atoms with E-state index in [2.05, 4.69) is 26.8 Å². The summed E-state index contributed by atoms with van der Waals surface area (Å²) in [5.74, 6) is 1.95. The Morgan fingerprint density at radius 2 is 2.11 bits per heavy atom. The lowest BCUT2D eigenvalue weighted by Crippen LogP contribution is -2.23. The van der Waals surface area contributed by atoms with Crippen molar-refractivity contribution in [2.45, 2.75) is 25.9 Å². The van der Waals surface area contributed by atoms with Gasteiger partial charge in [0.2, 0.25) is 5.95 Å². The first-order valence-corrected chi connectivity index (χ1v) is 6.43. The number of rotatable bonds is 7. The fourth-order valence-corrected chi connectivity index (χ4v) is 2.00. The van der Waals surface area contributed by atoms with E-state index >= 15 is 0 Å². The maximum Gasteiger partial charge on any atom is 0.203 e. The summed E-state index contributed by atoms with van der Waals surface area (Å²) in [5, 5.41) is 3.34. The van der Waals surface area contributed by atoms with Crippen LogP contribution in [-0.4, -0.2) is 38.9 Å². The normalized spacial score (nSPS) is 12.6. The zero-order valence-electron chi connectivity index (χ0n) is 11.7. The number of methoxy groups -OCH3 is 1. The number of hydrogen-bond acceptors (Lipinski definition) is 4. The first-order valence-electron chi connectivity index (χ1n) is 6.43. The molecule has 1 unspecified atom stereocenters. The highest BCUT2D eigenvalue weighted by atomic mass is 16.5. The molecular weight excluding hydrogens is 242 g/mol. The molecule has 2 aromatic heterocycles. The summed E-state index contributed by atoms with van der Waals surface area (Å²) >= 11 is 0. The predicted octanol–water partition coefficient (Wildman–Crippen LogP) is 1.31. The fraction of sp³-hybridized carbons (Fsp3) is 0.538. The van der Waals surface area contributed by atoms with Crippen LogP contribution >= 0.6 is 0 Å². The van der Waals surface area contributed by atoms with Crippen molar-refractivity contribution in [1.82, 2.24) is 19.1 Å². The molecule has 0 amide bonds. The summed E-state index contributed by atoms with van der Waals surface area (Å²) in [6.45, 7) is 3.58. The molecule has 0 aromatic carbocycles. The van der Waals surface area contributed by atoms with E-state index in [1.165, 1.54) is 0 Å². The van der Waals surface area contributed by atoms with Gasteiger partial charge in [-0.3, -0.25) is 0 Å². The summed E-state index contributed by atoms with van der Waals surface area (Å²) in [4.78, 5) is 8.65. The number of nitrogens with zero attached hydrogens (tertiary/aromatic N) is 4. The molecule has 6 heteroatoms. The van der Waals surface area contributed by atoms with Crippen LogP contribution in [0.15, 0.2) is 24.8 Å². The van der Waals surface area contributed by atoms with Crippen LogP contribution in [0.5, 0.6) is 0 Å². The minimum absolute atomic E-state index is 0.235. The van der Waals surface area contributed by atoms with E-state index in [4.69, 9.17) is 4.74 Å². The number of anilines is 1. The van der Waals surface area contributed by atoms with Crippen LogP contribution in [0.2, 0.25) is 0 Å². The SMILES string of the molecule is COCC(C)Nc1nccn1CCc1nccn1C. The zero-order valence-corrected chi connectivity index (χ0v) is 11.7. The molecular formula is C13H21N5O. The van der Waals surface area contributed by atoms with Crippen molar-refractivity contribution < 1.29 is 4.74 Å². The van der Waals surface area contributed by atoms with E-state index in [1.807, 2.05) is 30.2 Å². The smallest absolute Gasteiger partial charge is 0.203 e. The van der Waals surface area contributed by atoms with Gasteiger partial charge in [0.15, 0.2) is 0 Å². The first kappa shape index (κ1) is 13.6. The largest absolute Gasteiger partial charge is 0.383 e. The number of ether oxygens (including phenoxy) is 1. The Hall–Kier alpha value is -1.82. The lowest BCUT2D eigenvalue weighted by molar-refractivity contribution is 0.190. The Morgan fingerprint density at radius 3 is 2.79 bits per heavy atom. The van der Waals surface area contributed by atoms with Gasteiger partial charge in [-0.25, -0.2) is 9.97 Å². The molecule has 19 heavy (non-hydrogen) atoms. The van der Waals surface area contributed by atoms with Crippen molar-refractivity contribution in [2.75, 3.05) is 19.0 Å². The molecule has 0 fully saturated rings. The van der Waals surface area contributed by atoms with E-state index < -0.39 is 0 Å². The third-order valence-corrected chi connectivity index (χ3v) is 3.00. The van der Waals surface area contributed by atoms with Crippen molar-refractivity contribution in [1.29, 1.82) is 0 Å². The fourth-order valence-electron chi connectivity index (χ4n) is 2.00. The van der Waals surface area contributed by atoms with E-state index in [-0.39, 0.29) is 6.04 Å². The molecule has 0 aliphatic rings. The van der Waals surface area contributed by atoms with Crippen LogP contribution in [0, 0.1) is 0 Å². The van der Waals surface area contributed by atoms with Gasteiger partial charge in [-0.2, -0.15) is 0 Å². The Balaban J connectivity index is 1.94. The topological polar surface area (TPSA) is 56.9 Å². The van der Waals surface area contributed by atoms with Gasteiger partial charge >= 0.3 is 0 Å². The molecule has 1 atom stereocenters. The molecule has 6 nitrogen and oxygen atoms in total. The minimum atomic E-state index is 0.235. The Labute approximate surface area is 113 Å². The molecule has 0 radical (unpaired) electrons. The summed E-state index contributed by atoms with van der Waals surface area (Å²) in [6, 6.07) is 0.235. The standard InChI is InChI=1S/C13H21N5O/c1-11(10-19-3)16-13-15-6-9-18(13)7-4-12-14-5-8-17(12)2/h5-6,8-9,11H,4,7,10H2,1-3H3,(H,15,16). The van der Waals surface area contributed by atoms with Gasteiger partial charge in [0.05, 0.1) is 6.61 Å². The first-order chi connectivity index (χ1) is 9.20. The number of nitrogens with one attached hydrogen (secondary N) is 1. The molecule has 0 aliphatic carbocycles. The highest BCUT2D eigenvalue weighted by Gasteiger charge is 2.08.